The van der Waals surface area contributed by atoms with Crippen molar-refractivity contribution in [2.45, 2.75) is 26.4 Å². The maximum atomic E-state index is 12.2. The number of hydrogen-bond acceptors (Lipinski definition) is 1. The summed E-state index contributed by atoms with van der Waals surface area (Å²) in [6, 6.07) is 13.2. The van der Waals surface area contributed by atoms with E-state index >= 15 is 0 Å². The zero-order valence-electron chi connectivity index (χ0n) is 11.2. The van der Waals surface area contributed by atoms with E-state index in [1.165, 1.54) is 5.56 Å². The molecule has 0 bridgehead atoms. The van der Waals surface area contributed by atoms with Gasteiger partial charge in [0, 0.05) is 10.4 Å². The number of benzene rings is 2. The molecule has 0 N–H and O–H groups in total. The van der Waals surface area contributed by atoms with Gasteiger partial charge in [-0.15, -0.1) is 0 Å². The molecule has 1 unspecified atom stereocenters. The summed E-state index contributed by atoms with van der Waals surface area (Å²) < 4.78 is 29.8. The highest BCUT2D eigenvalue weighted by molar-refractivity contribution is 9.10. The molecule has 0 saturated heterocycles. The average molecular weight is 341 g/mol. The second kappa shape index (κ2) is 6.35. The van der Waals surface area contributed by atoms with Crippen LogP contribution in [-0.4, -0.2) is 6.61 Å². The summed E-state index contributed by atoms with van der Waals surface area (Å²) in [6.45, 7) is 1.21. The van der Waals surface area contributed by atoms with Crippen molar-refractivity contribution in [1.29, 1.82) is 0 Å². The summed E-state index contributed by atoms with van der Waals surface area (Å²) in [4.78, 5) is 0. The van der Waals surface area contributed by atoms with Crippen LogP contribution in [0.5, 0.6) is 5.75 Å². The molecule has 2 aromatic rings. The highest BCUT2D eigenvalue weighted by Crippen LogP contribution is 2.30. The van der Waals surface area contributed by atoms with Crippen LogP contribution in [0.4, 0.5) is 8.78 Å². The van der Waals surface area contributed by atoms with E-state index in [0.717, 1.165) is 15.6 Å². The lowest BCUT2D eigenvalue weighted by molar-refractivity contribution is -0.0498. The van der Waals surface area contributed by atoms with Gasteiger partial charge in [0.25, 0.3) is 0 Å². The quantitative estimate of drug-likeness (QED) is 0.712. The van der Waals surface area contributed by atoms with Crippen LogP contribution in [0.1, 0.15) is 29.5 Å². The minimum atomic E-state index is -2.79. The number of halogens is 3. The first-order chi connectivity index (χ1) is 9.47. The van der Waals surface area contributed by atoms with Gasteiger partial charge in [-0.2, -0.15) is 8.78 Å². The zero-order chi connectivity index (χ0) is 14.7. The van der Waals surface area contributed by atoms with E-state index in [4.69, 9.17) is 0 Å². The number of hydrogen-bond donors (Lipinski definition) is 0. The molecule has 106 valence electrons. The van der Waals surface area contributed by atoms with Gasteiger partial charge in [-0.1, -0.05) is 41.1 Å². The lowest BCUT2D eigenvalue weighted by Gasteiger charge is -2.16. The van der Waals surface area contributed by atoms with Crippen molar-refractivity contribution < 1.29 is 13.5 Å². The molecule has 0 aliphatic heterocycles. The van der Waals surface area contributed by atoms with Crippen LogP contribution in [-0.2, 0) is 0 Å². The van der Waals surface area contributed by atoms with Crippen LogP contribution < -0.4 is 4.74 Å². The van der Waals surface area contributed by atoms with Crippen LogP contribution in [0.3, 0.4) is 0 Å². The lowest BCUT2D eigenvalue weighted by Crippen LogP contribution is -2.04. The normalized spacial score (nSPS) is 12.5. The standard InChI is InChI=1S/C16H15BrF2O/c1-10-8-14(20-16(18)19)6-7-15(10)11(2)12-4-3-5-13(17)9-12/h3-9,11,16H,1-2H3. The molecule has 0 heterocycles. The molecule has 4 heteroatoms. The number of aryl methyl sites for hydroxylation is 1. The Morgan fingerprint density at radius 2 is 1.85 bits per heavy atom. The van der Waals surface area contributed by atoms with Gasteiger partial charge >= 0.3 is 6.61 Å². The molecule has 0 aromatic heterocycles. The molecule has 1 atom stereocenters. The number of rotatable bonds is 4. The second-order valence-corrected chi connectivity index (χ2v) is 5.59. The maximum absolute atomic E-state index is 12.2. The van der Waals surface area contributed by atoms with E-state index in [1.54, 1.807) is 12.1 Å². The van der Waals surface area contributed by atoms with E-state index in [1.807, 2.05) is 25.1 Å². The Bertz CT molecular complexity index is 599. The molecule has 0 amide bonds. The van der Waals surface area contributed by atoms with Gasteiger partial charge < -0.3 is 4.74 Å². The Morgan fingerprint density at radius 3 is 2.45 bits per heavy atom. The van der Waals surface area contributed by atoms with Crippen LogP contribution >= 0.6 is 15.9 Å². The highest BCUT2D eigenvalue weighted by atomic mass is 79.9. The molecule has 0 radical (unpaired) electrons. The first-order valence-electron chi connectivity index (χ1n) is 6.28. The third-order valence-electron chi connectivity index (χ3n) is 3.28. The van der Waals surface area contributed by atoms with Crippen LogP contribution in [0.2, 0.25) is 0 Å². The summed E-state index contributed by atoms with van der Waals surface area (Å²) in [6.07, 6.45) is 0. The molecule has 0 saturated carbocycles. The molecule has 0 aliphatic carbocycles. The second-order valence-electron chi connectivity index (χ2n) is 4.67. The predicted molar refractivity (Wildman–Crippen MR) is 79.5 cm³/mol. The van der Waals surface area contributed by atoms with Crippen molar-refractivity contribution in [1.82, 2.24) is 0 Å². The fourth-order valence-electron chi connectivity index (χ4n) is 2.27. The van der Waals surface area contributed by atoms with E-state index in [-0.39, 0.29) is 11.7 Å². The van der Waals surface area contributed by atoms with Gasteiger partial charge in [-0.05, 0) is 47.9 Å². The fraction of sp³-hybridized carbons (Fsp3) is 0.250. The molecule has 0 spiro atoms. The third kappa shape index (κ3) is 3.57. The minimum Gasteiger partial charge on any atom is -0.435 e. The number of ether oxygens (including phenoxy) is 1. The molecule has 0 fully saturated rings. The Morgan fingerprint density at radius 1 is 1.10 bits per heavy atom. The maximum Gasteiger partial charge on any atom is 0.387 e. The SMILES string of the molecule is Cc1cc(OC(F)F)ccc1C(C)c1cccc(Br)c1. The van der Waals surface area contributed by atoms with Crippen LogP contribution in [0, 0.1) is 6.92 Å². The summed E-state index contributed by atoms with van der Waals surface area (Å²) in [7, 11) is 0. The average Bonchev–Trinajstić information content (AvgIpc) is 2.37. The minimum absolute atomic E-state index is 0.188. The van der Waals surface area contributed by atoms with Gasteiger partial charge in [0.15, 0.2) is 0 Å². The summed E-state index contributed by atoms with van der Waals surface area (Å²) in [5.41, 5.74) is 3.21. The first-order valence-corrected chi connectivity index (χ1v) is 7.07. The Kier molecular flexibility index (Phi) is 4.76. The van der Waals surface area contributed by atoms with E-state index < -0.39 is 6.61 Å². The monoisotopic (exact) mass is 340 g/mol. The topological polar surface area (TPSA) is 9.23 Å². The zero-order valence-corrected chi connectivity index (χ0v) is 12.8. The van der Waals surface area contributed by atoms with Crippen LogP contribution in [0.25, 0.3) is 0 Å². The van der Waals surface area contributed by atoms with Crippen molar-refractivity contribution >= 4 is 15.9 Å². The molecule has 0 aliphatic rings. The highest BCUT2D eigenvalue weighted by Gasteiger charge is 2.13. The molecular weight excluding hydrogens is 326 g/mol. The first kappa shape index (κ1) is 15.0. The molecule has 20 heavy (non-hydrogen) atoms. The molecule has 2 rings (SSSR count). The largest absolute Gasteiger partial charge is 0.435 e. The smallest absolute Gasteiger partial charge is 0.387 e. The summed E-state index contributed by atoms with van der Waals surface area (Å²) in [5.74, 6) is 0.385. The lowest BCUT2D eigenvalue weighted by atomic mass is 9.90. The molecule has 1 nitrogen and oxygen atoms in total. The van der Waals surface area contributed by atoms with E-state index in [9.17, 15) is 8.78 Å². The Balaban J connectivity index is 2.28. The van der Waals surface area contributed by atoms with Gasteiger partial charge in [0.1, 0.15) is 5.75 Å². The van der Waals surface area contributed by atoms with E-state index in [2.05, 4.69) is 39.7 Å². The summed E-state index contributed by atoms with van der Waals surface area (Å²) in [5, 5.41) is 0. The van der Waals surface area contributed by atoms with Crippen molar-refractivity contribution in [2.75, 3.05) is 0 Å². The van der Waals surface area contributed by atoms with Crippen molar-refractivity contribution in [3.05, 3.63) is 63.6 Å². The molecule has 2 aromatic carbocycles. The van der Waals surface area contributed by atoms with Crippen molar-refractivity contribution in [3.63, 3.8) is 0 Å². The third-order valence-corrected chi connectivity index (χ3v) is 3.77. The van der Waals surface area contributed by atoms with E-state index in [0.29, 0.717) is 0 Å². The predicted octanol–water partition coefficient (Wildman–Crippen LogP) is 5.51. The Labute approximate surface area is 125 Å². The summed E-state index contributed by atoms with van der Waals surface area (Å²) >= 11 is 3.46. The number of alkyl halides is 2. The van der Waals surface area contributed by atoms with Gasteiger partial charge in [0.05, 0.1) is 0 Å². The van der Waals surface area contributed by atoms with Gasteiger partial charge in [0.2, 0.25) is 0 Å². The fourth-order valence-corrected chi connectivity index (χ4v) is 2.68. The van der Waals surface area contributed by atoms with Crippen molar-refractivity contribution in [2.24, 2.45) is 0 Å². The van der Waals surface area contributed by atoms with Gasteiger partial charge in [-0.3, -0.25) is 0 Å². The van der Waals surface area contributed by atoms with Crippen LogP contribution in [0.15, 0.2) is 46.9 Å². The van der Waals surface area contributed by atoms with Crippen molar-refractivity contribution in [3.8, 4) is 5.75 Å². The molecular formula is C16H15BrF2O. The van der Waals surface area contributed by atoms with Gasteiger partial charge in [-0.25, -0.2) is 0 Å². The Hall–Kier alpha value is -1.42.